The summed E-state index contributed by atoms with van der Waals surface area (Å²) in [7, 11) is 2.88. The van der Waals surface area contributed by atoms with Crippen LogP contribution in [0.2, 0.25) is 5.02 Å². The van der Waals surface area contributed by atoms with E-state index in [1.54, 1.807) is 42.6 Å². The molecule has 186 valence electrons. The Morgan fingerprint density at radius 1 is 1.05 bits per heavy atom. The van der Waals surface area contributed by atoms with E-state index in [1.807, 2.05) is 6.07 Å². The van der Waals surface area contributed by atoms with Gasteiger partial charge in [0.15, 0.2) is 0 Å². The van der Waals surface area contributed by atoms with Gasteiger partial charge in [-0.25, -0.2) is 14.4 Å². The summed E-state index contributed by atoms with van der Waals surface area (Å²) < 4.78 is 25.7. The molecule has 0 spiro atoms. The van der Waals surface area contributed by atoms with Gasteiger partial charge in [-0.1, -0.05) is 29.8 Å². The van der Waals surface area contributed by atoms with Gasteiger partial charge in [0.1, 0.15) is 23.1 Å². The Morgan fingerprint density at radius 3 is 2.58 bits per heavy atom. The van der Waals surface area contributed by atoms with Crippen molar-refractivity contribution < 1.29 is 53.3 Å². The van der Waals surface area contributed by atoms with Crippen molar-refractivity contribution in [2.75, 3.05) is 14.2 Å². The zero-order chi connectivity index (χ0) is 26.1. The number of rotatable bonds is 6. The third kappa shape index (κ3) is 5.31. The second-order valence-electron chi connectivity index (χ2n) is 8.33. The number of nitrogens with zero attached hydrogens (tertiary/aromatic N) is 3. The summed E-state index contributed by atoms with van der Waals surface area (Å²) in [6, 6.07) is 14.7. The van der Waals surface area contributed by atoms with Gasteiger partial charge in [0.25, 0.3) is 0 Å². The minimum Gasteiger partial charge on any atom is -0.545 e. The molecule has 0 saturated carbocycles. The van der Waals surface area contributed by atoms with Crippen molar-refractivity contribution in [3.8, 4) is 22.8 Å². The van der Waals surface area contributed by atoms with Gasteiger partial charge in [0.2, 0.25) is 0 Å². The van der Waals surface area contributed by atoms with Crippen LogP contribution >= 0.6 is 11.6 Å². The minimum absolute atomic E-state index is 0. The molecule has 0 atom stereocenters. The largest absolute Gasteiger partial charge is 1.00 e. The van der Waals surface area contributed by atoms with Crippen LogP contribution in [-0.4, -0.2) is 35.9 Å². The van der Waals surface area contributed by atoms with Crippen molar-refractivity contribution in [1.29, 1.82) is 0 Å². The smallest absolute Gasteiger partial charge is 0.545 e. The summed E-state index contributed by atoms with van der Waals surface area (Å²) in [6.07, 6.45) is 2.03. The summed E-state index contributed by atoms with van der Waals surface area (Å²) in [4.78, 5) is 25.4. The predicted molar refractivity (Wildman–Crippen MR) is 135 cm³/mol. The Bertz CT molecular complexity index is 1580. The number of carbonyl (C=O) groups is 1. The van der Waals surface area contributed by atoms with E-state index in [2.05, 4.69) is 4.98 Å². The first-order chi connectivity index (χ1) is 17.9. The predicted octanol–water partition coefficient (Wildman–Crippen LogP) is 1.26. The third-order valence-corrected chi connectivity index (χ3v) is 6.33. The Labute approximate surface area is 245 Å². The molecule has 4 aromatic rings. The number of benzene rings is 3. The Kier molecular flexibility index (Phi) is 8.47. The zero-order valence-corrected chi connectivity index (χ0v) is 23.7. The number of hydrogen-bond acceptors (Lipinski definition) is 7. The summed E-state index contributed by atoms with van der Waals surface area (Å²) in [5.41, 5.74) is 4.16. The van der Waals surface area contributed by atoms with Crippen LogP contribution in [0.5, 0.6) is 11.5 Å². The van der Waals surface area contributed by atoms with Crippen LogP contribution < -0.4 is 44.1 Å². The second-order valence-corrected chi connectivity index (χ2v) is 8.77. The van der Waals surface area contributed by atoms with Crippen molar-refractivity contribution in [3.63, 3.8) is 0 Å². The molecular formula is C28H20ClFN3NaO4. The molecule has 1 aliphatic rings. The van der Waals surface area contributed by atoms with Crippen molar-refractivity contribution >= 4 is 23.3 Å². The molecule has 0 amide bonds. The summed E-state index contributed by atoms with van der Waals surface area (Å²) in [5, 5.41) is 11.8. The molecule has 0 radical (unpaired) electrons. The van der Waals surface area contributed by atoms with Gasteiger partial charge in [-0.3, -0.25) is 4.99 Å². The average molecular weight is 540 g/mol. The quantitative estimate of drug-likeness (QED) is 0.342. The number of methoxy groups -OCH3 is 2. The standard InChI is InChI=1S/C28H21ClFN3O4.Na/c1-36-22-5-3-4-21(30)25(22)27-20-12-17(29)7-9-18(20)26-16(14-32-27)13-31-24(33-26)11-15-6-8-19(28(34)35)23(10-15)37-2;/h3-10,12-13H,11,14H2,1-2H3,(H,34,35);/q;+1/p-1. The molecule has 5 rings (SSSR count). The van der Waals surface area contributed by atoms with E-state index in [9.17, 15) is 9.90 Å². The molecule has 2 heterocycles. The number of halogens is 2. The van der Waals surface area contributed by atoms with E-state index < -0.39 is 11.8 Å². The topological polar surface area (TPSA) is 96.7 Å². The van der Waals surface area contributed by atoms with Gasteiger partial charge >= 0.3 is 29.6 Å². The van der Waals surface area contributed by atoms with Gasteiger partial charge < -0.3 is 19.4 Å². The number of fused-ring (bicyclic) bond motifs is 3. The van der Waals surface area contributed by atoms with Crippen LogP contribution in [0.15, 0.2) is 65.8 Å². The molecule has 0 bridgehead atoms. The molecule has 0 aliphatic carbocycles. The van der Waals surface area contributed by atoms with Gasteiger partial charge in [-0.2, -0.15) is 0 Å². The van der Waals surface area contributed by atoms with Gasteiger partial charge in [0.05, 0.1) is 43.7 Å². The average Bonchev–Trinajstić information content (AvgIpc) is 3.04. The van der Waals surface area contributed by atoms with Gasteiger partial charge in [-0.05, 0) is 42.0 Å². The van der Waals surface area contributed by atoms with E-state index in [0.29, 0.717) is 40.0 Å². The van der Waals surface area contributed by atoms with Gasteiger partial charge in [-0.15, -0.1) is 0 Å². The van der Waals surface area contributed by atoms with Gasteiger partial charge in [0, 0.05) is 39.9 Å². The van der Waals surface area contributed by atoms with Crippen molar-refractivity contribution in [2.24, 2.45) is 4.99 Å². The minimum atomic E-state index is -1.32. The number of aromatic nitrogens is 2. The molecule has 0 unspecified atom stereocenters. The molecular weight excluding hydrogens is 520 g/mol. The summed E-state index contributed by atoms with van der Waals surface area (Å²) in [6.45, 7) is 0.225. The first kappa shape index (κ1) is 27.7. The normalized spacial score (nSPS) is 11.8. The molecule has 1 aromatic heterocycles. The number of carboxylic acid groups (broad SMARTS) is 1. The van der Waals surface area contributed by atoms with E-state index >= 15 is 4.39 Å². The SMILES string of the molecule is COc1cc(Cc2ncc3c(n2)-c2ccc(Cl)cc2C(c2c(F)cccc2OC)=NC3)ccc1C(=O)[O-].[Na+]. The maximum Gasteiger partial charge on any atom is 1.00 e. The number of aromatic carboxylic acids is 1. The van der Waals surface area contributed by atoms with Crippen LogP contribution in [0.1, 0.15) is 38.4 Å². The first-order valence-electron chi connectivity index (χ1n) is 11.3. The maximum atomic E-state index is 15.1. The fraction of sp³-hybridized carbons (Fsp3) is 0.143. The van der Waals surface area contributed by atoms with Crippen molar-refractivity contribution in [2.45, 2.75) is 13.0 Å². The molecule has 0 saturated heterocycles. The number of carbonyl (C=O) groups excluding carboxylic acids is 1. The van der Waals surface area contributed by atoms with Crippen LogP contribution in [-0.2, 0) is 13.0 Å². The Balaban J connectivity index is 0.00000336. The fourth-order valence-corrected chi connectivity index (χ4v) is 4.53. The van der Waals surface area contributed by atoms with Crippen molar-refractivity contribution in [3.05, 3.63) is 105 Å². The van der Waals surface area contributed by atoms with Crippen LogP contribution in [0.4, 0.5) is 4.39 Å². The summed E-state index contributed by atoms with van der Waals surface area (Å²) in [5.74, 6) is -0.715. The van der Waals surface area contributed by atoms with Crippen LogP contribution in [0.25, 0.3) is 11.3 Å². The molecule has 0 N–H and O–H groups in total. The molecule has 1 aliphatic heterocycles. The van der Waals surface area contributed by atoms with E-state index in [0.717, 1.165) is 16.7 Å². The monoisotopic (exact) mass is 539 g/mol. The number of carboxylic acids is 1. The molecule has 10 heteroatoms. The van der Waals surface area contributed by atoms with E-state index in [-0.39, 0.29) is 53.0 Å². The van der Waals surface area contributed by atoms with Crippen molar-refractivity contribution in [1.82, 2.24) is 9.97 Å². The van der Waals surface area contributed by atoms with Crippen LogP contribution in [0, 0.1) is 5.82 Å². The molecule has 7 nitrogen and oxygen atoms in total. The third-order valence-electron chi connectivity index (χ3n) is 6.09. The number of ether oxygens (including phenoxy) is 2. The number of hydrogen-bond donors (Lipinski definition) is 0. The molecule has 0 fully saturated rings. The molecule has 3 aromatic carbocycles. The molecule has 38 heavy (non-hydrogen) atoms. The Hall–Kier alpha value is -3.30. The fourth-order valence-electron chi connectivity index (χ4n) is 4.36. The zero-order valence-electron chi connectivity index (χ0n) is 20.9. The van der Waals surface area contributed by atoms with E-state index in [1.165, 1.54) is 26.4 Å². The number of aliphatic imine (C=N–C) groups is 1. The second kappa shape index (κ2) is 11.6. The maximum absolute atomic E-state index is 15.1. The van der Waals surface area contributed by atoms with E-state index in [4.69, 9.17) is 31.1 Å². The van der Waals surface area contributed by atoms with Crippen LogP contribution in [0.3, 0.4) is 0 Å². The first-order valence-corrected chi connectivity index (χ1v) is 11.7. The summed E-state index contributed by atoms with van der Waals surface area (Å²) >= 11 is 6.35. The Morgan fingerprint density at radius 2 is 1.84 bits per heavy atom.